The third-order valence-corrected chi connectivity index (χ3v) is 5.87. The number of nitrogens with zero attached hydrogens (tertiary/aromatic N) is 3. The van der Waals surface area contributed by atoms with Crippen LogP contribution in [0.25, 0.3) is 0 Å². The van der Waals surface area contributed by atoms with Crippen LogP contribution in [-0.4, -0.2) is 34.0 Å². The van der Waals surface area contributed by atoms with E-state index < -0.39 is 11.4 Å². The van der Waals surface area contributed by atoms with Gasteiger partial charge in [0.25, 0.3) is 0 Å². The van der Waals surface area contributed by atoms with Crippen LogP contribution in [-0.2, 0) is 16.8 Å². The standard InChI is InChI=1S/C22H25N3O2/c1-21(2,19-5-3-4-13-24-19)25-14-12-22(16-25,20(26)27)11-10-17-6-8-18(15-23)9-7-17/h3-9,13H,10-12,14,16H2,1-2H3,(H,26,27)/t22-/m1/s1. The lowest BCUT2D eigenvalue weighted by atomic mass is 9.81. The van der Waals surface area contributed by atoms with E-state index >= 15 is 0 Å². The third kappa shape index (κ3) is 3.86. The van der Waals surface area contributed by atoms with Crippen molar-refractivity contribution in [2.45, 2.75) is 38.6 Å². The van der Waals surface area contributed by atoms with E-state index in [1.807, 2.05) is 30.3 Å². The molecule has 5 heteroatoms. The zero-order valence-corrected chi connectivity index (χ0v) is 15.9. The van der Waals surface area contributed by atoms with Crippen LogP contribution in [0.3, 0.4) is 0 Å². The Morgan fingerprint density at radius 3 is 2.63 bits per heavy atom. The van der Waals surface area contributed by atoms with E-state index in [0.29, 0.717) is 31.4 Å². The minimum atomic E-state index is -0.750. The van der Waals surface area contributed by atoms with Gasteiger partial charge in [-0.1, -0.05) is 18.2 Å². The monoisotopic (exact) mass is 363 g/mol. The molecule has 0 aliphatic carbocycles. The molecule has 0 radical (unpaired) electrons. The predicted octanol–water partition coefficient (Wildman–Crippen LogP) is 3.60. The minimum Gasteiger partial charge on any atom is -0.481 e. The van der Waals surface area contributed by atoms with Crippen molar-refractivity contribution in [3.05, 3.63) is 65.5 Å². The summed E-state index contributed by atoms with van der Waals surface area (Å²) in [5.74, 6) is -0.726. The molecule has 1 aliphatic rings. The molecule has 0 unspecified atom stereocenters. The second kappa shape index (κ2) is 7.50. The number of carbonyl (C=O) groups is 1. The molecule has 1 fully saturated rings. The topological polar surface area (TPSA) is 77.2 Å². The van der Waals surface area contributed by atoms with Crippen molar-refractivity contribution in [1.29, 1.82) is 5.26 Å². The molecule has 140 valence electrons. The quantitative estimate of drug-likeness (QED) is 0.848. The Morgan fingerprint density at radius 1 is 1.30 bits per heavy atom. The van der Waals surface area contributed by atoms with E-state index in [2.05, 4.69) is 29.8 Å². The lowest BCUT2D eigenvalue weighted by Crippen LogP contribution is -2.43. The third-order valence-electron chi connectivity index (χ3n) is 5.87. The smallest absolute Gasteiger partial charge is 0.311 e. The average molecular weight is 363 g/mol. The van der Waals surface area contributed by atoms with Crippen LogP contribution < -0.4 is 0 Å². The van der Waals surface area contributed by atoms with Crippen LogP contribution in [0.4, 0.5) is 0 Å². The van der Waals surface area contributed by atoms with Gasteiger partial charge in [-0.15, -0.1) is 0 Å². The Hall–Kier alpha value is -2.71. The van der Waals surface area contributed by atoms with Gasteiger partial charge < -0.3 is 5.11 Å². The highest BCUT2D eigenvalue weighted by Crippen LogP contribution is 2.41. The van der Waals surface area contributed by atoms with E-state index in [4.69, 9.17) is 5.26 Å². The van der Waals surface area contributed by atoms with Crippen LogP contribution in [0.15, 0.2) is 48.7 Å². The molecule has 1 aliphatic heterocycles. The summed E-state index contributed by atoms with van der Waals surface area (Å²) in [5.41, 5.74) is 1.58. The van der Waals surface area contributed by atoms with Gasteiger partial charge in [0.2, 0.25) is 0 Å². The summed E-state index contributed by atoms with van der Waals surface area (Å²) < 4.78 is 0. The van der Waals surface area contributed by atoms with Gasteiger partial charge in [-0.2, -0.15) is 5.26 Å². The maximum Gasteiger partial charge on any atom is 0.311 e. The van der Waals surface area contributed by atoms with Crippen LogP contribution >= 0.6 is 0 Å². The fraction of sp³-hybridized carbons (Fsp3) is 0.409. The molecule has 0 spiro atoms. The number of aliphatic carboxylic acids is 1. The molecule has 0 bridgehead atoms. The van der Waals surface area contributed by atoms with Gasteiger partial charge in [0.05, 0.1) is 28.3 Å². The van der Waals surface area contributed by atoms with Crippen molar-refractivity contribution in [3.8, 4) is 6.07 Å². The predicted molar refractivity (Wildman–Crippen MR) is 103 cm³/mol. The second-order valence-electron chi connectivity index (χ2n) is 7.84. The summed E-state index contributed by atoms with van der Waals surface area (Å²) in [6.07, 6.45) is 3.69. The first kappa shape index (κ1) is 19.1. The second-order valence-corrected chi connectivity index (χ2v) is 7.84. The summed E-state index contributed by atoms with van der Waals surface area (Å²) in [6, 6.07) is 15.4. The number of aryl methyl sites for hydroxylation is 1. The summed E-state index contributed by atoms with van der Waals surface area (Å²) in [7, 11) is 0. The van der Waals surface area contributed by atoms with Crippen LogP contribution in [0.1, 0.15) is 43.5 Å². The highest BCUT2D eigenvalue weighted by molar-refractivity contribution is 5.75. The van der Waals surface area contributed by atoms with Gasteiger partial charge in [0.15, 0.2) is 0 Å². The first-order valence-corrected chi connectivity index (χ1v) is 9.26. The van der Waals surface area contributed by atoms with Crippen LogP contribution in [0.2, 0.25) is 0 Å². The lowest BCUT2D eigenvalue weighted by molar-refractivity contribution is -0.148. The molecule has 0 saturated carbocycles. The number of nitriles is 1. The summed E-state index contributed by atoms with van der Waals surface area (Å²) in [4.78, 5) is 18.9. The molecule has 5 nitrogen and oxygen atoms in total. The minimum absolute atomic E-state index is 0.313. The Bertz CT molecular complexity index is 840. The number of hydrogen-bond acceptors (Lipinski definition) is 4. The number of benzene rings is 1. The molecule has 1 N–H and O–H groups in total. The zero-order valence-electron chi connectivity index (χ0n) is 15.9. The van der Waals surface area contributed by atoms with Gasteiger partial charge in [-0.3, -0.25) is 14.7 Å². The first-order valence-electron chi connectivity index (χ1n) is 9.26. The SMILES string of the molecule is CC(C)(c1ccccn1)N1CC[C@@](CCc2ccc(C#N)cc2)(C(=O)O)C1. The van der Waals surface area contributed by atoms with Crippen LogP contribution in [0, 0.1) is 16.7 Å². The van der Waals surface area contributed by atoms with Crippen molar-refractivity contribution in [3.63, 3.8) is 0 Å². The van der Waals surface area contributed by atoms with Crippen molar-refractivity contribution in [2.24, 2.45) is 5.41 Å². The van der Waals surface area contributed by atoms with Crippen molar-refractivity contribution < 1.29 is 9.90 Å². The van der Waals surface area contributed by atoms with E-state index in [1.54, 1.807) is 18.3 Å². The number of aromatic nitrogens is 1. The summed E-state index contributed by atoms with van der Waals surface area (Å²) >= 11 is 0. The normalized spacial score (nSPS) is 20.3. The number of likely N-dealkylation sites (tertiary alicyclic amines) is 1. The van der Waals surface area contributed by atoms with Gasteiger partial charge in [0.1, 0.15) is 0 Å². The summed E-state index contributed by atoms with van der Waals surface area (Å²) in [6.45, 7) is 5.47. The molecule has 2 aromatic rings. The maximum absolute atomic E-state index is 12.2. The number of carboxylic acids is 1. The number of pyridine rings is 1. The Labute approximate surface area is 160 Å². The maximum atomic E-state index is 12.2. The number of rotatable bonds is 6. The molecule has 0 amide bonds. The van der Waals surface area contributed by atoms with E-state index in [0.717, 1.165) is 17.8 Å². The Kier molecular flexibility index (Phi) is 5.29. The fourth-order valence-corrected chi connectivity index (χ4v) is 3.85. The van der Waals surface area contributed by atoms with E-state index in [1.165, 1.54) is 0 Å². The first-order chi connectivity index (χ1) is 12.9. The van der Waals surface area contributed by atoms with E-state index in [-0.39, 0.29) is 5.54 Å². The fourth-order valence-electron chi connectivity index (χ4n) is 3.85. The number of carboxylic acid groups (broad SMARTS) is 1. The highest BCUT2D eigenvalue weighted by Gasteiger charge is 2.48. The van der Waals surface area contributed by atoms with Crippen molar-refractivity contribution in [1.82, 2.24) is 9.88 Å². The highest BCUT2D eigenvalue weighted by atomic mass is 16.4. The molecule has 27 heavy (non-hydrogen) atoms. The van der Waals surface area contributed by atoms with E-state index in [9.17, 15) is 9.90 Å². The van der Waals surface area contributed by atoms with Gasteiger partial charge in [-0.25, -0.2) is 0 Å². The molecular weight excluding hydrogens is 338 g/mol. The lowest BCUT2D eigenvalue weighted by Gasteiger charge is -2.36. The molecular formula is C22H25N3O2. The molecule has 1 aromatic carbocycles. The van der Waals surface area contributed by atoms with Crippen molar-refractivity contribution >= 4 is 5.97 Å². The van der Waals surface area contributed by atoms with Crippen molar-refractivity contribution in [2.75, 3.05) is 13.1 Å². The molecule has 1 atom stereocenters. The largest absolute Gasteiger partial charge is 0.481 e. The average Bonchev–Trinajstić information content (AvgIpc) is 3.14. The molecule has 2 heterocycles. The zero-order chi connectivity index (χ0) is 19.5. The van der Waals surface area contributed by atoms with Gasteiger partial charge in [-0.05, 0) is 62.9 Å². The molecule has 3 rings (SSSR count). The van der Waals surface area contributed by atoms with Gasteiger partial charge >= 0.3 is 5.97 Å². The number of hydrogen-bond donors (Lipinski definition) is 1. The Balaban J connectivity index is 1.74. The van der Waals surface area contributed by atoms with Gasteiger partial charge in [0, 0.05) is 19.3 Å². The molecule has 1 aromatic heterocycles. The summed E-state index contributed by atoms with van der Waals surface area (Å²) in [5, 5.41) is 18.9. The Morgan fingerprint density at radius 2 is 2.04 bits per heavy atom. The molecule has 1 saturated heterocycles. The van der Waals surface area contributed by atoms with Crippen LogP contribution in [0.5, 0.6) is 0 Å².